The minimum Gasteiger partial charge on any atom is -0.497 e. The summed E-state index contributed by atoms with van der Waals surface area (Å²) in [6, 6.07) is 20.7. The summed E-state index contributed by atoms with van der Waals surface area (Å²) in [6.45, 7) is 4.10. The number of methoxy groups -OCH3 is 2. The van der Waals surface area contributed by atoms with Gasteiger partial charge in [0.05, 0.1) is 19.7 Å². The third kappa shape index (κ3) is 5.46. The van der Waals surface area contributed by atoms with Crippen molar-refractivity contribution in [3.05, 3.63) is 93.8 Å². The molecule has 0 saturated carbocycles. The molecule has 4 rings (SSSR count). The highest BCUT2D eigenvalue weighted by molar-refractivity contribution is 5.92. The number of carbonyl (C=O) groups excluding carboxylic acids is 1. The molecule has 2 N–H and O–H groups in total. The van der Waals surface area contributed by atoms with Crippen LogP contribution in [0.3, 0.4) is 0 Å². The Kier molecular flexibility index (Phi) is 7.06. The Morgan fingerprint density at radius 2 is 1.60 bits per heavy atom. The SMILES string of the molecule is COc1ccc(NCc2cc3ccc(OC)cc3n(CC(=O)Nc3cc(C)ccc3C)c2=O)cc1. The lowest BCUT2D eigenvalue weighted by Gasteiger charge is -2.15. The van der Waals surface area contributed by atoms with E-state index in [0.717, 1.165) is 33.6 Å². The van der Waals surface area contributed by atoms with Crippen molar-refractivity contribution in [3.8, 4) is 11.5 Å². The van der Waals surface area contributed by atoms with Gasteiger partial charge in [-0.25, -0.2) is 0 Å². The zero-order valence-electron chi connectivity index (χ0n) is 20.3. The molecule has 0 aliphatic heterocycles. The molecule has 0 bridgehead atoms. The highest BCUT2D eigenvalue weighted by Crippen LogP contribution is 2.22. The maximum Gasteiger partial charge on any atom is 0.256 e. The van der Waals surface area contributed by atoms with Gasteiger partial charge in [-0.15, -0.1) is 0 Å². The third-order valence-corrected chi connectivity index (χ3v) is 5.92. The minimum atomic E-state index is -0.273. The number of fused-ring (bicyclic) bond motifs is 1. The van der Waals surface area contributed by atoms with Gasteiger partial charge in [-0.3, -0.25) is 14.2 Å². The molecule has 0 unspecified atom stereocenters. The van der Waals surface area contributed by atoms with E-state index in [1.807, 2.05) is 74.5 Å². The van der Waals surface area contributed by atoms with E-state index in [0.29, 0.717) is 23.4 Å². The molecular formula is C28H29N3O4. The second kappa shape index (κ2) is 10.3. The number of anilines is 2. The molecule has 7 nitrogen and oxygen atoms in total. The Labute approximate surface area is 204 Å². The van der Waals surface area contributed by atoms with Crippen LogP contribution < -0.4 is 25.7 Å². The molecule has 0 spiro atoms. The fourth-order valence-electron chi connectivity index (χ4n) is 3.93. The first kappa shape index (κ1) is 23.9. The molecule has 0 saturated heterocycles. The van der Waals surface area contributed by atoms with Gasteiger partial charge in [0, 0.05) is 29.5 Å². The van der Waals surface area contributed by atoms with Crippen LogP contribution in [0, 0.1) is 13.8 Å². The fourth-order valence-corrected chi connectivity index (χ4v) is 3.93. The highest BCUT2D eigenvalue weighted by Gasteiger charge is 2.14. The van der Waals surface area contributed by atoms with E-state index in [9.17, 15) is 9.59 Å². The Balaban J connectivity index is 1.66. The van der Waals surface area contributed by atoms with Gasteiger partial charge >= 0.3 is 0 Å². The predicted molar refractivity (Wildman–Crippen MR) is 140 cm³/mol. The topological polar surface area (TPSA) is 81.6 Å². The van der Waals surface area contributed by atoms with Gasteiger partial charge in [0.25, 0.3) is 5.56 Å². The van der Waals surface area contributed by atoms with Gasteiger partial charge in [0.2, 0.25) is 5.91 Å². The van der Waals surface area contributed by atoms with E-state index in [1.54, 1.807) is 20.3 Å². The summed E-state index contributed by atoms with van der Waals surface area (Å²) in [5.41, 5.74) is 4.56. The van der Waals surface area contributed by atoms with Gasteiger partial charge in [-0.1, -0.05) is 12.1 Å². The first-order chi connectivity index (χ1) is 16.9. The lowest BCUT2D eigenvalue weighted by atomic mass is 10.1. The van der Waals surface area contributed by atoms with Crippen molar-refractivity contribution in [2.45, 2.75) is 26.9 Å². The number of hydrogen-bond acceptors (Lipinski definition) is 5. The number of rotatable bonds is 8. The minimum absolute atomic E-state index is 0.119. The molecule has 3 aromatic carbocycles. The van der Waals surface area contributed by atoms with Crippen molar-refractivity contribution in [2.24, 2.45) is 0 Å². The Morgan fingerprint density at radius 3 is 2.31 bits per heavy atom. The third-order valence-electron chi connectivity index (χ3n) is 5.92. The van der Waals surface area contributed by atoms with Crippen molar-refractivity contribution in [2.75, 3.05) is 24.9 Å². The summed E-state index contributed by atoms with van der Waals surface area (Å²) >= 11 is 0. The Hall–Kier alpha value is -4.26. The number of nitrogens with zero attached hydrogens (tertiary/aromatic N) is 1. The van der Waals surface area contributed by atoms with E-state index < -0.39 is 0 Å². The van der Waals surface area contributed by atoms with Crippen molar-refractivity contribution in [3.63, 3.8) is 0 Å². The Morgan fingerprint density at radius 1 is 0.886 bits per heavy atom. The molecule has 1 heterocycles. The largest absolute Gasteiger partial charge is 0.497 e. The molecule has 7 heteroatoms. The van der Waals surface area contributed by atoms with Crippen LogP contribution in [-0.4, -0.2) is 24.7 Å². The average molecular weight is 472 g/mol. The number of pyridine rings is 1. The fraction of sp³-hybridized carbons (Fsp3) is 0.214. The van der Waals surface area contributed by atoms with Crippen LogP contribution in [0.15, 0.2) is 71.5 Å². The maximum atomic E-state index is 13.5. The van der Waals surface area contributed by atoms with Crippen molar-refractivity contribution in [1.82, 2.24) is 4.57 Å². The summed E-state index contributed by atoms with van der Waals surface area (Å²) in [5, 5.41) is 7.07. The summed E-state index contributed by atoms with van der Waals surface area (Å²) in [5.74, 6) is 1.10. The number of ether oxygens (including phenoxy) is 2. The van der Waals surface area contributed by atoms with Crippen LogP contribution >= 0.6 is 0 Å². The lowest BCUT2D eigenvalue weighted by molar-refractivity contribution is -0.116. The number of carbonyl (C=O) groups is 1. The van der Waals surface area contributed by atoms with Gasteiger partial charge in [0.1, 0.15) is 18.0 Å². The lowest BCUT2D eigenvalue weighted by Crippen LogP contribution is -2.30. The molecule has 1 aromatic heterocycles. The first-order valence-electron chi connectivity index (χ1n) is 11.3. The number of aromatic nitrogens is 1. The number of nitrogens with one attached hydrogen (secondary N) is 2. The first-order valence-corrected chi connectivity index (χ1v) is 11.3. The van der Waals surface area contributed by atoms with Gasteiger partial charge in [-0.2, -0.15) is 0 Å². The molecule has 0 aliphatic carbocycles. The molecule has 1 amide bonds. The summed E-state index contributed by atoms with van der Waals surface area (Å²) in [7, 11) is 3.19. The number of benzene rings is 3. The van der Waals surface area contributed by atoms with Crippen molar-refractivity contribution >= 4 is 28.2 Å². The number of hydrogen-bond donors (Lipinski definition) is 2. The van der Waals surface area contributed by atoms with Crippen LogP contribution in [-0.2, 0) is 17.9 Å². The normalized spacial score (nSPS) is 10.7. The zero-order valence-corrected chi connectivity index (χ0v) is 20.3. The molecular weight excluding hydrogens is 442 g/mol. The van der Waals surface area contributed by atoms with Crippen LogP contribution in [0.5, 0.6) is 11.5 Å². The van der Waals surface area contributed by atoms with Crippen molar-refractivity contribution < 1.29 is 14.3 Å². The molecule has 0 fully saturated rings. The van der Waals surface area contributed by atoms with Crippen LogP contribution in [0.2, 0.25) is 0 Å². The van der Waals surface area contributed by atoms with E-state index >= 15 is 0 Å². The molecule has 0 aliphatic rings. The second-order valence-electron chi connectivity index (χ2n) is 8.43. The summed E-state index contributed by atoms with van der Waals surface area (Å²) in [6.07, 6.45) is 0. The molecule has 35 heavy (non-hydrogen) atoms. The van der Waals surface area contributed by atoms with Gasteiger partial charge < -0.3 is 20.1 Å². The van der Waals surface area contributed by atoms with Crippen molar-refractivity contribution in [1.29, 1.82) is 0 Å². The molecule has 0 atom stereocenters. The van der Waals surface area contributed by atoms with E-state index in [2.05, 4.69) is 10.6 Å². The zero-order chi connectivity index (χ0) is 24.9. The molecule has 180 valence electrons. The summed E-state index contributed by atoms with van der Waals surface area (Å²) in [4.78, 5) is 26.5. The second-order valence-corrected chi connectivity index (χ2v) is 8.43. The molecule has 0 radical (unpaired) electrons. The number of amides is 1. The monoisotopic (exact) mass is 471 g/mol. The number of aryl methyl sites for hydroxylation is 2. The van der Waals surface area contributed by atoms with E-state index in [1.165, 1.54) is 4.57 Å². The van der Waals surface area contributed by atoms with Crippen LogP contribution in [0.25, 0.3) is 10.9 Å². The van der Waals surface area contributed by atoms with E-state index in [-0.39, 0.29) is 18.0 Å². The van der Waals surface area contributed by atoms with Gasteiger partial charge in [-0.05, 0) is 78.9 Å². The average Bonchev–Trinajstić information content (AvgIpc) is 2.87. The van der Waals surface area contributed by atoms with E-state index in [4.69, 9.17) is 9.47 Å². The quantitative estimate of drug-likeness (QED) is 0.383. The molecule has 4 aromatic rings. The standard InChI is InChI=1S/C28H29N3O4/c1-18-5-6-19(2)25(13-18)30-27(32)17-31-26-15-24(35-4)10-7-20(26)14-21(28(31)33)16-29-22-8-11-23(34-3)12-9-22/h5-15,29H,16-17H2,1-4H3,(H,30,32). The predicted octanol–water partition coefficient (Wildman–Crippen LogP) is 4.89. The van der Waals surface area contributed by atoms with Crippen LogP contribution in [0.1, 0.15) is 16.7 Å². The van der Waals surface area contributed by atoms with Gasteiger partial charge in [0.15, 0.2) is 0 Å². The smallest absolute Gasteiger partial charge is 0.256 e. The maximum absolute atomic E-state index is 13.5. The highest BCUT2D eigenvalue weighted by atomic mass is 16.5. The summed E-state index contributed by atoms with van der Waals surface area (Å²) < 4.78 is 12.1. The van der Waals surface area contributed by atoms with Crippen LogP contribution in [0.4, 0.5) is 11.4 Å². The Bertz CT molecular complexity index is 1430.